The zero-order valence-electron chi connectivity index (χ0n) is 9.12. The SMILES string of the molecule is CCCC=CCC(=O)OCCOCC. The molecular formula is C11H20O3. The highest BCUT2D eigenvalue weighted by Crippen LogP contribution is 1.93. The summed E-state index contributed by atoms with van der Waals surface area (Å²) < 4.78 is 9.94. The Balaban J connectivity index is 3.28. The smallest absolute Gasteiger partial charge is 0.309 e. The number of carbonyl (C=O) groups excluding carboxylic acids is 1. The molecule has 3 nitrogen and oxygen atoms in total. The van der Waals surface area contributed by atoms with Crippen molar-refractivity contribution < 1.29 is 14.3 Å². The van der Waals surface area contributed by atoms with Crippen molar-refractivity contribution >= 4 is 5.97 Å². The van der Waals surface area contributed by atoms with E-state index in [1.165, 1.54) is 0 Å². The number of hydrogen-bond acceptors (Lipinski definition) is 3. The van der Waals surface area contributed by atoms with E-state index in [2.05, 4.69) is 6.92 Å². The molecule has 0 bridgehead atoms. The van der Waals surface area contributed by atoms with Gasteiger partial charge in [0.25, 0.3) is 0 Å². The van der Waals surface area contributed by atoms with Gasteiger partial charge in [0.1, 0.15) is 6.61 Å². The van der Waals surface area contributed by atoms with E-state index in [0.717, 1.165) is 12.8 Å². The minimum Gasteiger partial charge on any atom is -0.463 e. The Morgan fingerprint density at radius 2 is 2.00 bits per heavy atom. The number of rotatable bonds is 8. The van der Waals surface area contributed by atoms with E-state index in [0.29, 0.717) is 26.2 Å². The number of carbonyl (C=O) groups is 1. The highest BCUT2D eigenvalue weighted by molar-refractivity contribution is 5.71. The summed E-state index contributed by atoms with van der Waals surface area (Å²) in [6.07, 6.45) is 6.35. The van der Waals surface area contributed by atoms with E-state index in [4.69, 9.17) is 9.47 Å². The van der Waals surface area contributed by atoms with Crippen molar-refractivity contribution in [2.24, 2.45) is 0 Å². The van der Waals surface area contributed by atoms with Crippen LogP contribution in [0.15, 0.2) is 12.2 Å². The average Bonchev–Trinajstić information content (AvgIpc) is 2.19. The minimum atomic E-state index is -0.183. The highest BCUT2D eigenvalue weighted by atomic mass is 16.6. The number of hydrogen-bond donors (Lipinski definition) is 0. The van der Waals surface area contributed by atoms with E-state index >= 15 is 0 Å². The summed E-state index contributed by atoms with van der Waals surface area (Å²) in [5, 5.41) is 0. The normalized spacial score (nSPS) is 10.7. The van der Waals surface area contributed by atoms with Crippen molar-refractivity contribution in [3.05, 3.63) is 12.2 Å². The minimum absolute atomic E-state index is 0.183. The lowest BCUT2D eigenvalue weighted by Gasteiger charge is -2.02. The van der Waals surface area contributed by atoms with Crippen molar-refractivity contribution in [1.29, 1.82) is 0 Å². The van der Waals surface area contributed by atoms with E-state index in [-0.39, 0.29) is 5.97 Å². The van der Waals surface area contributed by atoms with Gasteiger partial charge < -0.3 is 9.47 Å². The number of unbranched alkanes of at least 4 members (excludes halogenated alkanes) is 1. The summed E-state index contributed by atoms with van der Waals surface area (Å²) in [6.45, 7) is 5.52. The topological polar surface area (TPSA) is 35.5 Å². The molecule has 0 spiro atoms. The third kappa shape index (κ3) is 9.26. The summed E-state index contributed by atoms with van der Waals surface area (Å²) in [7, 11) is 0. The molecule has 82 valence electrons. The first kappa shape index (κ1) is 13.2. The fourth-order valence-electron chi connectivity index (χ4n) is 0.882. The molecule has 0 N–H and O–H groups in total. The van der Waals surface area contributed by atoms with Crippen LogP contribution in [0.5, 0.6) is 0 Å². The second kappa shape index (κ2) is 10.3. The zero-order chi connectivity index (χ0) is 10.6. The molecule has 0 aliphatic carbocycles. The molecule has 0 aliphatic heterocycles. The Labute approximate surface area is 86.1 Å². The summed E-state index contributed by atoms with van der Waals surface area (Å²) in [4.78, 5) is 11.0. The largest absolute Gasteiger partial charge is 0.463 e. The average molecular weight is 200 g/mol. The van der Waals surface area contributed by atoms with Gasteiger partial charge in [-0.25, -0.2) is 0 Å². The number of allylic oxidation sites excluding steroid dienone is 1. The van der Waals surface area contributed by atoms with Crippen molar-refractivity contribution in [2.75, 3.05) is 19.8 Å². The molecule has 0 unspecified atom stereocenters. The maximum atomic E-state index is 11.0. The number of esters is 1. The monoisotopic (exact) mass is 200 g/mol. The molecule has 0 radical (unpaired) electrons. The second-order valence-electron chi connectivity index (χ2n) is 2.88. The summed E-state index contributed by atoms with van der Waals surface area (Å²) >= 11 is 0. The first-order chi connectivity index (χ1) is 6.81. The van der Waals surface area contributed by atoms with Crippen LogP contribution in [0.1, 0.15) is 33.1 Å². The van der Waals surface area contributed by atoms with Gasteiger partial charge in [-0.15, -0.1) is 0 Å². The second-order valence-corrected chi connectivity index (χ2v) is 2.88. The van der Waals surface area contributed by atoms with Crippen molar-refractivity contribution in [2.45, 2.75) is 33.1 Å². The van der Waals surface area contributed by atoms with Gasteiger partial charge in [-0.05, 0) is 13.3 Å². The fourth-order valence-corrected chi connectivity index (χ4v) is 0.882. The predicted molar refractivity (Wildman–Crippen MR) is 56.1 cm³/mol. The Bertz CT molecular complexity index is 164. The van der Waals surface area contributed by atoms with E-state index in [1.54, 1.807) is 0 Å². The molecule has 0 heterocycles. The Morgan fingerprint density at radius 3 is 2.64 bits per heavy atom. The molecule has 0 rings (SSSR count). The van der Waals surface area contributed by atoms with Crippen LogP contribution in [-0.4, -0.2) is 25.8 Å². The van der Waals surface area contributed by atoms with Gasteiger partial charge in [0.05, 0.1) is 13.0 Å². The third-order valence-corrected chi connectivity index (χ3v) is 1.60. The lowest BCUT2D eigenvalue weighted by atomic mass is 10.3. The standard InChI is InChI=1S/C11H20O3/c1-3-5-6-7-8-11(12)14-10-9-13-4-2/h6-7H,3-5,8-10H2,1-2H3. The first-order valence-corrected chi connectivity index (χ1v) is 5.19. The molecule has 0 amide bonds. The van der Waals surface area contributed by atoms with Crippen LogP contribution in [0.2, 0.25) is 0 Å². The molecule has 0 saturated heterocycles. The quantitative estimate of drug-likeness (QED) is 0.342. The molecule has 3 heteroatoms. The molecule has 0 aromatic carbocycles. The molecule has 0 atom stereocenters. The van der Waals surface area contributed by atoms with Gasteiger partial charge in [-0.1, -0.05) is 25.5 Å². The Hall–Kier alpha value is -0.830. The molecular weight excluding hydrogens is 180 g/mol. The first-order valence-electron chi connectivity index (χ1n) is 5.19. The van der Waals surface area contributed by atoms with Gasteiger partial charge in [-0.2, -0.15) is 0 Å². The highest BCUT2D eigenvalue weighted by Gasteiger charge is 1.97. The van der Waals surface area contributed by atoms with Gasteiger partial charge >= 0.3 is 5.97 Å². The van der Waals surface area contributed by atoms with Crippen LogP contribution in [0.4, 0.5) is 0 Å². The van der Waals surface area contributed by atoms with Crippen LogP contribution in [0.25, 0.3) is 0 Å². The fraction of sp³-hybridized carbons (Fsp3) is 0.727. The van der Waals surface area contributed by atoms with Crippen molar-refractivity contribution in [1.82, 2.24) is 0 Å². The molecule has 0 aromatic rings. The Kier molecular flexibility index (Phi) is 9.64. The molecule has 0 fully saturated rings. The van der Waals surface area contributed by atoms with E-state index < -0.39 is 0 Å². The summed E-state index contributed by atoms with van der Waals surface area (Å²) in [6, 6.07) is 0. The van der Waals surface area contributed by atoms with Crippen molar-refractivity contribution in [3.8, 4) is 0 Å². The summed E-state index contributed by atoms with van der Waals surface area (Å²) in [5.74, 6) is -0.183. The molecule has 0 aliphatic rings. The third-order valence-electron chi connectivity index (χ3n) is 1.60. The van der Waals surface area contributed by atoms with Crippen LogP contribution >= 0.6 is 0 Å². The molecule has 0 saturated carbocycles. The van der Waals surface area contributed by atoms with Gasteiger partial charge in [0.15, 0.2) is 0 Å². The van der Waals surface area contributed by atoms with Crippen molar-refractivity contribution in [3.63, 3.8) is 0 Å². The Morgan fingerprint density at radius 1 is 1.21 bits per heavy atom. The predicted octanol–water partition coefficient (Wildman–Crippen LogP) is 2.31. The maximum absolute atomic E-state index is 11.0. The van der Waals surface area contributed by atoms with Crippen LogP contribution in [-0.2, 0) is 14.3 Å². The van der Waals surface area contributed by atoms with E-state index in [9.17, 15) is 4.79 Å². The molecule has 0 aromatic heterocycles. The van der Waals surface area contributed by atoms with Crippen LogP contribution < -0.4 is 0 Å². The number of ether oxygens (including phenoxy) is 2. The van der Waals surface area contributed by atoms with Crippen LogP contribution in [0.3, 0.4) is 0 Å². The molecule has 14 heavy (non-hydrogen) atoms. The lowest BCUT2D eigenvalue weighted by molar-refractivity contribution is -0.144. The lowest BCUT2D eigenvalue weighted by Crippen LogP contribution is -2.09. The summed E-state index contributed by atoms with van der Waals surface area (Å²) in [5.41, 5.74) is 0. The van der Waals surface area contributed by atoms with Gasteiger partial charge in [0, 0.05) is 6.61 Å². The van der Waals surface area contributed by atoms with Gasteiger partial charge in [-0.3, -0.25) is 4.79 Å². The zero-order valence-corrected chi connectivity index (χ0v) is 9.12. The van der Waals surface area contributed by atoms with Crippen LogP contribution in [0, 0.1) is 0 Å². The van der Waals surface area contributed by atoms with Gasteiger partial charge in [0.2, 0.25) is 0 Å². The maximum Gasteiger partial charge on any atom is 0.309 e. The van der Waals surface area contributed by atoms with E-state index in [1.807, 2.05) is 19.1 Å².